The van der Waals surface area contributed by atoms with Gasteiger partial charge < -0.3 is 18.6 Å². The summed E-state index contributed by atoms with van der Waals surface area (Å²) in [6.07, 6.45) is 6.98. The zero-order chi connectivity index (χ0) is 21.4. The first-order chi connectivity index (χ1) is 12.7. The van der Waals surface area contributed by atoms with E-state index in [0.29, 0.717) is 11.6 Å². The molecule has 0 N–H and O–H groups in total. The van der Waals surface area contributed by atoms with Gasteiger partial charge in [-0.1, -0.05) is 52.4 Å². The van der Waals surface area contributed by atoms with Crippen LogP contribution in [0.5, 0.6) is 0 Å². The molecule has 2 saturated heterocycles. The van der Waals surface area contributed by atoms with Crippen molar-refractivity contribution in [3.8, 4) is 0 Å². The second-order valence-corrected chi connectivity index (χ2v) is 11.1. The van der Waals surface area contributed by atoms with Crippen LogP contribution in [-0.2, 0) is 18.6 Å². The molecule has 4 nitrogen and oxygen atoms in total. The molecular weight excluding hydrogens is 350 g/mol. The van der Waals surface area contributed by atoms with Gasteiger partial charge in [-0.2, -0.15) is 0 Å². The largest absolute Gasteiger partial charge is 0.461 e. The maximum Gasteiger partial charge on any atom is 0.461 e. The molecule has 0 spiro atoms. The van der Waals surface area contributed by atoms with E-state index in [1.54, 1.807) is 0 Å². The lowest BCUT2D eigenvalue weighted by molar-refractivity contribution is 0.00578. The highest BCUT2D eigenvalue weighted by molar-refractivity contribution is 6.47. The highest BCUT2D eigenvalue weighted by Crippen LogP contribution is 2.43. The Bertz CT molecular complexity index is 487. The quantitative estimate of drug-likeness (QED) is 0.340. The second kappa shape index (κ2) is 8.61. The highest BCUT2D eigenvalue weighted by atomic mass is 16.7. The average molecular weight is 394 g/mol. The molecule has 0 aliphatic carbocycles. The molecule has 0 saturated carbocycles. The van der Waals surface area contributed by atoms with Crippen LogP contribution >= 0.6 is 0 Å². The van der Waals surface area contributed by atoms with Gasteiger partial charge in [-0.3, -0.25) is 0 Å². The van der Waals surface area contributed by atoms with Crippen LogP contribution in [0.1, 0.15) is 108 Å². The summed E-state index contributed by atoms with van der Waals surface area (Å²) in [7, 11) is -0.176. The summed E-state index contributed by atoms with van der Waals surface area (Å²) < 4.78 is 25.1. The van der Waals surface area contributed by atoms with Crippen LogP contribution in [0, 0.1) is 0 Å². The fourth-order valence-electron chi connectivity index (χ4n) is 4.00. The minimum atomic E-state index is -0.241. The van der Waals surface area contributed by atoms with Crippen LogP contribution in [0.3, 0.4) is 0 Å². The van der Waals surface area contributed by atoms with E-state index in [0.717, 1.165) is 19.3 Å². The Hall–Kier alpha value is -0.0301. The number of rotatable bonds is 9. The van der Waals surface area contributed by atoms with Crippen molar-refractivity contribution in [2.75, 3.05) is 0 Å². The van der Waals surface area contributed by atoms with Crippen LogP contribution in [-0.4, -0.2) is 36.6 Å². The summed E-state index contributed by atoms with van der Waals surface area (Å²) in [6.45, 7) is 21.6. The molecule has 2 atom stereocenters. The monoisotopic (exact) mass is 394 g/mol. The summed E-state index contributed by atoms with van der Waals surface area (Å²) in [4.78, 5) is 0. The van der Waals surface area contributed by atoms with Crippen molar-refractivity contribution >= 4 is 14.2 Å². The molecule has 2 fully saturated rings. The van der Waals surface area contributed by atoms with E-state index in [2.05, 4.69) is 69.2 Å². The first-order valence-corrected chi connectivity index (χ1v) is 11.4. The number of unbranched alkanes of at least 4 members (excludes halogenated alkanes) is 1. The zero-order valence-electron chi connectivity index (χ0n) is 20.2. The average Bonchev–Trinajstić information content (AvgIpc) is 2.90. The molecule has 2 heterocycles. The molecular formula is C22H44B2O4. The summed E-state index contributed by atoms with van der Waals surface area (Å²) in [5, 5.41) is 0. The summed E-state index contributed by atoms with van der Waals surface area (Å²) in [5.74, 6) is 0.876. The first kappa shape index (κ1) is 24.2. The molecule has 2 unspecified atom stereocenters. The van der Waals surface area contributed by atoms with Crippen molar-refractivity contribution in [3.05, 3.63) is 0 Å². The molecule has 0 radical (unpaired) electrons. The summed E-state index contributed by atoms with van der Waals surface area (Å²) in [6, 6.07) is 0. The Morgan fingerprint density at radius 1 is 0.607 bits per heavy atom. The van der Waals surface area contributed by atoms with Gasteiger partial charge in [0.05, 0.1) is 22.4 Å². The fourth-order valence-corrected chi connectivity index (χ4v) is 4.00. The lowest BCUT2D eigenvalue weighted by Crippen LogP contribution is -2.41. The van der Waals surface area contributed by atoms with Crippen molar-refractivity contribution in [2.45, 2.75) is 142 Å². The Kier molecular flexibility index (Phi) is 7.45. The Morgan fingerprint density at radius 3 is 1.43 bits per heavy atom. The van der Waals surface area contributed by atoms with Crippen LogP contribution < -0.4 is 0 Å². The van der Waals surface area contributed by atoms with Gasteiger partial charge in [-0.05, 0) is 67.0 Å². The first-order valence-electron chi connectivity index (χ1n) is 11.4. The second-order valence-electron chi connectivity index (χ2n) is 11.1. The van der Waals surface area contributed by atoms with Crippen LogP contribution in [0.2, 0.25) is 11.6 Å². The Labute approximate surface area is 175 Å². The third-order valence-electron chi connectivity index (χ3n) is 7.54. The van der Waals surface area contributed by atoms with Gasteiger partial charge in [0.15, 0.2) is 0 Å². The molecule has 0 aromatic carbocycles. The molecule has 6 heteroatoms. The van der Waals surface area contributed by atoms with E-state index in [1.807, 2.05) is 0 Å². The molecule has 162 valence electrons. The van der Waals surface area contributed by atoms with Gasteiger partial charge in [0, 0.05) is 0 Å². The SMILES string of the molecule is CCCC(CCCCC(C)B1OC(C)(C)C(C)(C)O1)B1OC(C)(C)C(C)(C)O1. The van der Waals surface area contributed by atoms with E-state index >= 15 is 0 Å². The van der Waals surface area contributed by atoms with Crippen molar-refractivity contribution < 1.29 is 18.6 Å². The van der Waals surface area contributed by atoms with Gasteiger partial charge in [0.1, 0.15) is 0 Å². The van der Waals surface area contributed by atoms with E-state index in [4.69, 9.17) is 18.6 Å². The van der Waals surface area contributed by atoms with E-state index in [9.17, 15) is 0 Å². The Morgan fingerprint density at radius 2 is 1.00 bits per heavy atom. The van der Waals surface area contributed by atoms with E-state index in [1.165, 1.54) is 19.3 Å². The van der Waals surface area contributed by atoms with Crippen LogP contribution in [0.15, 0.2) is 0 Å². The van der Waals surface area contributed by atoms with Crippen molar-refractivity contribution in [2.24, 2.45) is 0 Å². The van der Waals surface area contributed by atoms with Crippen LogP contribution in [0.25, 0.3) is 0 Å². The molecule has 0 aromatic heterocycles. The van der Waals surface area contributed by atoms with Gasteiger partial charge in [0.2, 0.25) is 0 Å². The summed E-state index contributed by atoms with van der Waals surface area (Å²) >= 11 is 0. The maximum absolute atomic E-state index is 6.32. The lowest BCUT2D eigenvalue weighted by atomic mass is 9.66. The fraction of sp³-hybridized carbons (Fsp3) is 1.00. The van der Waals surface area contributed by atoms with E-state index < -0.39 is 0 Å². The summed E-state index contributed by atoms with van der Waals surface area (Å²) in [5.41, 5.74) is -0.965. The molecule has 0 aromatic rings. The minimum absolute atomic E-state index is 0.0783. The highest BCUT2D eigenvalue weighted by Gasteiger charge is 2.54. The predicted octanol–water partition coefficient (Wildman–Crippen LogP) is 6.29. The van der Waals surface area contributed by atoms with Gasteiger partial charge in [0.25, 0.3) is 0 Å². The third-order valence-corrected chi connectivity index (χ3v) is 7.54. The van der Waals surface area contributed by atoms with Crippen LogP contribution in [0.4, 0.5) is 0 Å². The maximum atomic E-state index is 6.32. The third kappa shape index (κ3) is 5.17. The molecule has 2 aliphatic heterocycles. The molecule has 28 heavy (non-hydrogen) atoms. The van der Waals surface area contributed by atoms with E-state index in [-0.39, 0.29) is 36.6 Å². The normalized spacial score (nSPS) is 27.2. The smallest absolute Gasteiger partial charge is 0.403 e. The van der Waals surface area contributed by atoms with Gasteiger partial charge in [-0.15, -0.1) is 0 Å². The van der Waals surface area contributed by atoms with Crippen molar-refractivity contribution in [3.63, 3.8) is 0 Å². The zero-order valence-corrected chi connectivity index (χ0v) is 20.2. The Balaban J connectivity index is 1.79. The standard InChI is InChI=1S/C22H44B2O4/c1-11-14-18(24-27-21(7,8)22(9,10)28-24)16-13-12-15-17(2)23-25-19(3,4)20(5,6)26-23/h17-18H,11-16H2,1-10H3. The topological polar surface area (TPSA) is 36.9 Å². The number of hydrogen-bond acceptors (Lipinski definition) is 4. The molecule has 0 amide bonds. The lowest BCUT2D eigenvalue weighted by Gasteiger charge is -2.32. The minimum Gasteiger partial charge on any atom is -0.403 e. The number of hydrogen-bond donors (Lipinski definition) is 0. The predicted molar refractivity (Wildman–Crippen MR) is 119 cm³/mol. The van der Waals surface area contributed by atoms with Gasteiger partial charge in [-0.25, -0.2) is 0 Å². The molecule has 2 rings (SSSR count). The molecule has 2 aliphatic rings. The van der Waals surface area contributed by atoms with Gasteiger partial charge >= 0.3 is 14.2 Å². The van der Waals surface area contributed by atoms with Crippen molar-refractivity contribution in [1.29, 1.82) is 0 Å². The van der Waals surface area contributed by atoms with Crippen molar-refractivity contribution in [1.82, 2.24) is 0 Å². The molecule has 0 bridgehead atoms.